The van der Waals surface area contributed by atoms with Gasteiger partial charge in [-0.1, -0.05) is 30.0 Å². The third-order valence-corrected chi connectivity index (χ3v) is 3.67. The molecule has 2 rings (SSSR count). The van der Waals surface area contributed by atoms with Gasteiger partial charge in [0.25, 0.3) is 0 Å². The van der Waals surface area contributed by atoms with E-state index in [1.807, 2.05) is 25.1 Å². The molecule has 17 heavy (non-hydrogen) atoms. The molecule has 88 valence electrons. The molecule has 3 heteroatoms. The van der Waals surface area contributed by atoms with Crippen molar-refractivity contribution >= 4 is 11.8 Å². The molecule has 0 unspecified atom stereocenters. The van der Waals surface area contributed by atoms with E-state index in [1.54, 1.807) is 23.9 Å². The Kier molecular flexibility index (Phi) is 3.82. The molecular formula is C14H14FNS. The van der Waals surface area contributed by atoms with Crippen molar-refractivity contribution in [3.05, 3.63) is 59.4 Å². The highest BCUT2D eigenvalue weighted by molar-refractivity contribution is 7.99. The Bertz CT molecular complexity index is 525. The quantitative estimate of drug-likeness (QED) is 0.894. The molecule has 0 aliphatic rings. The van der Waals surface area contributed by atoms with Crippen LogP contribution in [0.5, 0.6) is 0 Å². The van der Waals surface area contributed by atoms with Crippen molar-refractivity contribution in [2.24, 2.45) is 5.73 Å². The molecule has 0 fully saturated rings. The summed E-state index contributed by atoms with van der Waals surface area (Å²) in [6.07, 6.45) is 0. The van der Waals surface area contributed by atoms with E-state index < -0.39 is 0 Å². The lowest BCUT2D eigenvalue weighted by Gasteiger charge is -2.07. The molecule has 2 aromatic carbocycles. The highest BCUT2D eigenvalue weighted by Gasteiger charge is 2.03. The molecule has 1 nitrogen and oxygen atoms in total. The summed E-state index contributed by atoms with van der Waals surface area (Å²) < 4.78 is 13.1. The van der Waals surface area contributed by atoms with Gasteiger partial charge in [0.15, 0.2) is 0 Å². The predicted octanol–water partition coefficient (Wildman–Crippen LogP) is 3.74. The van der Waals surface area contributed by atoms with Gasteiger partial charge in [0.1, 0.15) is 5.82 Å². The first-order chi connectivity index (χ1) is 8.19. The van der Waals surface area contributed by atoms with Crippen LogP contribution in [0.3, 0.4) is 0 Å². The van der Waals surface area contributed by atoms with Crippen molar-refractivity contribution < 1.29 is 4.39 Å². The van der Waals surface area contributed by atoms with E-state index in [4.69, 9.17) is 5.73 Å². The maximum absolute atomic E-state index is 13.1. The summed E-state index contributed by atoms with van der Waals surface area (Å²) in [7, 11) is 0. The SMILES string of the molecule is Cc1cc(CN)ccc1Sc1cccc(F)c1. The molecule has 0 saturated carbocycles. The van der Waals surface area contributed by atoms with Crippen LogP contribution in [-0.2, 0) is 6.54 Å². The summed E-state index contributed by atoms with van der Waals surface area (Å²) >= 11 is 1.57. The van der Waals surface area contributed by atoms with Crippen molar-refractivity contribution in [1.82, 2.24) is 0 Å². The average molecular weight is 247 g/mol. The number of nitrogens with two attached hydrogens (primary N) is 1. The molecule has 2 N–H and O–H groups in total. The van der Waals surface area contributed by atoms with Gasteiger partial charge in [-0.3, -0.25) is 0 Å². The van der Waals surface area contributed by atoms with Crippen molar-refractivity contribution in [2.45, 2.75) is 23.3 Å². The minimum absolute atomic E-state index is 0.203. The number of hydrogen-bond acceptors (Lipinski definition) is 2. The third kappa shape index (κ3) is 3.08. The molecule has 0 aromatic heterocycles. The Morgan fingerprint density at radius 1 is 1.18 bits per heavy atom. The first-order valence-corrected chi connectivity index (χ1v) is 6.23. The predicted molar refractivity (Wildman–Crippen MR) is 69.6 cm³/mol. The van der Waals surface area contributed by atoms with Crippen molar-refractivity contribution in [3.8, 4) is 0 Å². The Hall–Kier alpha value is -1.32. The average Bonchev–Trinajstić information content (AvgIpc) is 2.32. The Labute approximate surface area is 105 Å². The fourth-order valence-electron chi connectivity index (χ4n) is 1.61. The minimum Gasteiger partial charge on any atom is -0.326 e. The Balaban J connectivity index is 2.24. The van der Waals surface area contributed by atoms with Gasteiger partial charge < -0.3 is 5.73 Å². The van der Waals surface area contributed by atoms with Crippen molar-refractivity contribution in [3.63, 3.8) is 0 Å². The molecule has 0 spiro atoms. The molecule has 0 radical (unpaired) electrons. The molecule has 0 atom stereocenters. The third-order valence-electron chi connectivity index (χ3n) is 2.50. The lowest BCUT2D eigenvalue weighted by molar-refractivity contribution is 0.624. The second-order valence-electron chi connectivity index (χ2n) is 3.86. The van der Waals surface area contributed by atoms with Crippen LogP contribution in [0.4, 0.5) is 4.39 Å². The van der Waals surface area contributed by atoms with Crippen LogP contribution in [0.15, 0.2) is 52.3 Å². The van der Waals surface area contributed by atoms with E-state index in [-0.39, 0.29) is 5.82 Å². The topological polar surface area (TPSA) is 26.0 Å². The van der Waals surface area contributed by atoms with Gasteiger partial charge in [-0.15, -0.1) is 0 Å². The number of hydrogen-bond donors (Lipinski definition) is 1. The van der Waals surface area contributed by atoms with Gasteiger partial charge in [0.05, 0.1) is 0 Å². The number of benzene rings is 2. The fourth-order valence-corrected chi connectivity index (χ4v) is 2.54. The molecule has 0 aliphatic heterocycles. The maximum atomic E-state index is 13.1. The number of rotatable bonds is 3. The molecular weight excluding hydrogens is 233 g/mol. The molecule has 0 aliphatic carbocycles. The summed E-state index contributed by atoms with van der Waals surface area (Å²) in [5.74, 6) is -0.203. The van der Waals surface area contributed by atoms with Crippen LogP contribution < -0.4 is 5.73 Å². The van der Waals surface area contributed by atoms with Gasteiger partial charge >= 0.3 is 0 Å². The summed E-state index contributed by atoms with van der Waals surface area (Å²) in [6.45, 7) is 2.59. The van der Waals surface area contributed by atoms with Crippen molar-refractivity contribution in [2.75, 3.05) is 0 Å². The standard InChI is InChI=1S/C14H14FNS/c1-10-7-11(9-16)5-6-14(10)17-13-4-2-3-12(15)8-13/h2-8H,9,16H2,1H3. The second-order valence-corrected chi connectivity index (χ2v) is 4.98. The largest absolute Gasteiger partial charge is 0.326 e. The Morgan fingerprint density at radius 2 is 2.00 bits per heavy atom. The van der Waals surface area contributed by atoms with Crippen LogP contribution in [0.1, 0.15) is 11.1 Å². The lowest BCUT2D eigenvalue weighted by Crippen LogP contribution is -1.96. The Morgan fingerprint density at radius 3 is 2.65 bits per heavy atom. The van der Waals surface area contributed by atoms with E-state index in [2.05, 4.69) is 6.07 Å². The van der Waals surface area contributed by atoms with E-state index in [9.17, 15) is 4.39 Å². The van der Waals surface area contributed by atoms with Gasteiger partial charge in [-0.25, -0.2) is 4.39 Å². The fraction of sp³-hybridized carbons (Fsp3) is 0.143. The summed E-state index contributed by atoms with van der Waals surface area (Å²) in [5.41, 5.74) is 7.87. The lowest BCUT2D eigenvalue weighted by atomic mass is 10.1. The number of aryl methyl sites for hydroxylation is 1. The second kappa shape index (κ2) is 5.34. The van der Waals surface area contributed by atoms with E-state index in [0.717, 1.165) is 15.4 Å². The first kappa shape index (κ1) is 12.1. The van der Waals surface area contributed by atoms with Gasteiger partial charge in [-0.2, -0.15) is 0 Å². The highest BCUT2D eigenvalue weighted by atomic mass is 32.2. The molecule has 0 bridgehead atoms. The summed E-state index contributed by atoms with van der Waals surface area (Å²) in [6, 6.07) is 12.7. The van der Waals surface area contributed by atoms with Crippen LogP contribution in [-0.4, -0.2) is 0 Å². The van der Waals surface area contributed by atoms with Crippen molar-refractivity contribution in [1.29, 1.82) is 0 Å². The van der Waals surface area contributed by atoms with Crippen LogP contribution in [0.25, 0.3) is 0 Å². The molecule has 0 heterocycles. The first-order valence-electron chi connectivity index (χ1n) is 5.42. The molecule has 0 saturated heterocycles. The smallest absolute Gasteiger partial charge is 0.124 e. The van der Waals surface area contributed by atoms with Crippen LogP contribution >= 0.6 is 11.8 Å². The molecule has 2 aromatic rings. The zero-order chi connectivity index (χ0) is 12.3. The van der Waals surface area contributed by atoms with E-state index in [0.29, 0.717) is 6.54 Å². The van der Waals surface area contributed by atoms with Crippen LogP contribution in [0.2, 0.25) is 0 Å². The zero-order valence-corrected chi connectivity index (χ0v) is 10.4. The van der Waals surface area contributed by atoms with Gasteiger partial charge in [-0.05, 0) is 42.3 Å². The maximum Gasteiger partial charge on any atom is 0.124 e. The highest BCUT2D eigenvalue weighted by Crippen LogP contribution is 2.30. The van der Waals surface area contributed by atoms with E-state index in [1.165, 1.54) is 11.6 Å². The van der Waals surface area contributed by atoms with Gasteiger partial charge in [0, 0.05) is 16.3 Å². The normalized spacial score (nSPS) is 10.5. The van der Waals surface area contributed by atoms with Gasteiger partial charge in [0.2, 0.25) is 0 Å². The monoisotopic (exact) mass is 247 g/mol. The zero-order valence-electron chi connectivity index (χ0n) is 9.61. The summed E-state index contributed by atoms with van der Waals surface area (Å²) in [4.78, 5) is 2.04. The number of halogens is 1. The minimum atomic E-state index is -0.203. The van der Waals surface area contributed by atoms with Crippen LogP contribution in [0, 0.1) is 12.7 Å². The summed E-state index contributed by atoms with van der Waals surface area (Å²) in [5, 5.41) is 0. The van der Waals surface area contributed by atoms with E-state index >= 15 is 0 Å². The molecule has 0 amide bonds.